The summed E-state index contributed by atoms with van der Waals surface area (Å²) in [6, 6.07) is 5.34. The van der Waals surface area contributed by atoms with Crippen molar-refractivity contribution in [3.05, 3.63) is 30.1 Å². The molecule has 16 heavy (non-hydrogen) atoms. The fraction of sp³-hybridized carbons (Fsp3) is 0.455. The number of hydrogen-bond acceptors (Lipinski definition) is 2. The van der Waals surface area contributed by atoms with Gasteiger partial charge in [0.05, 0.1) is 0 Å². The highest BCUT2D eigenvalue weighted by Gasteiger charge is 2.26. The number of nitrogens with one attached hydrogen (secondary N) is 1. The molecule has 0 saturated carbocycles. The van der Waals surface area contributed by atoms with Gasteiger partial charge in [0.1, 0.15) is 10.7 Å². The van der Waals surface area contributed by atoms with Crippen LogP contribution in [-0.2, 0) is 10.0 Å². The maximum absolute atomic E-state index is 13.3. The molecule has 0 atom stereocenters. The Morgan fingerprint density at radius 1 is 1.31 bits per heavy atom. The number of halogens is 1. The molecule has 0 heterocycles. The van der Waals surface area contributed by atoms with Crippen LogP contribution in [-0.4, -0.2) is 14.0 Å². The van der Waals surface area contributed by atoms with Gasteiger partial charge in [-0.05, 0) is 32.4 Å². The van der Waals surface area contributed by atoms with Crippen LogP contribution in [0.5, 0.6) is 0 Å². The normalized spacial score (nSPS) is 12.8. The van der Waals surface area contributed by atoms with Crippen molar-refractivity contribution in [1.82, 2.24) is 4.72 Å². The van der Waals surface area contributed by atoms with Gasteiger partial charge in [-0.25, -0.2) is 17.5 Å². The average molecular weight is 245 g/mol. The van der Waals surface area contributed by atoms with Crippen molar-refractivity contribution < 1.29 is 12.8 Å². The Labute approximate surface area is 95.7 Å². The molecule has 90 valence electrons. The van der Waals surface area contributed by atoms with Crippen LogP contribution in [0.3, 0.4) is 0 Å². The monoisotopic (exact) mass is 245 g/mol. The number of hydrogen-bond donors (Lipinski definition) is 1. The van der Waals surface area contributed by atoms with Crippen molar-refractivity contribution >= 4 is 10.0 Å². The molecule has 1 N–H and O–H groups in total. The Balaban J connectivity index is 3.09. The van der Waals surface area contributed by atoms with Gasteiger partial charge in [-0.1, -0.05) is 19.1 Å². The molecule has 0 aliphatic carbocycles. The topological polar surface area (TPSA) is 46.2 Å². The van der Waals surface area contributed by atoms with Crippen molar-refractivity contribution in [3.63, 3.8) is 0 Å². The molecule has 3 nitrogen and oxygen atoms in total. The quantitative estimate of drug-likeness (QED) is 0.884. The maximum atomic E-state index is 13.3. The summed E-state index contributed by atoms with van der Waals surface area (Å²) in [5.74, 6) is -0.734. The molecule has 5 heteroatoms. The second-order valence-corrected chi connectivity index (χ2v) is 5.92. The summed E-state index contributed by atoms with van der Waals surface area (Å²) in [4.78, 5) is -0.309. The van der Waals surface area contributed by atoms with Crippen LogP contribution in [0, 0.1) is 5.82 Å². The van der Waals surface area contributed by atoms with E-state index in [0.29, 0.717) is 6.42 Å². The third-order valence-corrected chi connectivity index (χ3v) is 4.15. The van der Waals surface area contributed by atoms with Crippen LogP contribution >= 0.6 is 0 Å². The van der Waals surface area contributed by atoms with Gasteiger partial charge in [0, 0.05) is 5.54 Å². The summed E-state index contributed by atoms with van der Waals surface area (Å²) in [6.07, 6.45) is 0.626. The Morgan fingerprint density at radius 2 is 1.88 bits per heavy atom. The molecular weight excluding hydrogens is 229 g/mol. The van der Waals surface area contributed by atoms with Crippen molar-refractivity contribution in [2.45, 2.75) is 37.6 Å². The van der Waals surface area contributed by atoms with Gasteiger partial charge in [-0.2, -0.15) is 0 Å². The summed E-state index contributed by atoms with van der Waals surface area (Å²) in [5.41, 5.74) is -0.582. The fourth-order valence-corrected chi connectivity index (χ4v) is 2.72. The lowest BCUT2D eigenvalue weighted by Gasteiger charge is -2.24. The SMILES string of the molecule is CCC(C)(C)NS(=O)(=O)c1ccccc1F. The van der Waals surface area contributed by atoms with Crippen LogP contribution in [0.2, 0.25) is 0 Å². The molecule has 0 radical (unpaired) electrons. The molecule has 0 unspecified atom stereocenters. The lowest BCUT2D eigenvalue weighted by molar-refractivity contribution is 0.437. The van der Waals surface area contributed by atoms with E-state index in [-0.39, 0.29) is 4.90 Å². The zero-order valence-corrected chi connectivity index (χ0v) is 10.4. The standard InChI is InChI=1S/C11H16FNO2S/c1-4-11(2,3)13-16(14,15)10-8-6-5-7-9(10)12/h5-8,13H,4H2,1-3H3. The van der Waals surface area contributed by atoms with Crippen LogP contribution in [0.15, 0.2) is 29.2 Å². The Kier molecular flexibility index (Phi) is 3.70. The molecular formula is C11H16FNO2S. The van der Waals surface area contributed by atoms with Gasteiger partial charge in [0.25, 0.3) is 0 Å². The van der Waals surface area contributed by atoms with E-state index in [1.807, 2.05) is 6.92 Å². The molecule has 1 aromatic carbocycles. The van der Waals surface area contributed by atoms with E-state index < -0.39 is 21.4 Å². The second kappa shape index (κ2) is 4.51. The average Bonchev–Trinajstić information content (AvgIpc) is 2.16. The zero-order chi connectivity index (χ0) is 12.4. The van der Waals surface area contributed by atoms with Crippen molar-refractivity contribution in [3.8, 4) is 0 Å². The minimum Gasteiger partial charge on any atom is -0.207 e. The van der Waals surface area contributed by atoms with E-state index in [1.54, 1.807) is 13.8 Å². The highest BCUT2D eigenvalue weighted by atomic mass is 32.2. The molecule has 0 bridgehead atoms. The van der Waals surface area contributed by atoms with E-state index in [2.05, 4.69) is 4.72 Å². The minimum atomic E-state index is -3.79. The van der Waals surface area contributed by atoms with E-state index in [4.69, 9.17) is 0 Å². The first-order valence-corrected chi connectivity index (χ1v) is 6.55. The highest BCUT2D eigenvalue weighted by Crippen LogP contribution is 2.17. The maximum Gasteiger partial charge on any atom is 0.243 e. The van der Waals surface area contributed by atoms with Gasteiger partial charge < -0.3 is 0 Å². The van der Waals surface area contributed by atoms with E-state index >= 15 is 0 Å². The molecule has 0 aliphatic heterocycles. The van der Waals surface area contributed by atoms with E-state index in [9.17, 15) is 12.8 Å². The summed E-state index contributed by atoms with van der Waals surface area (Å²) in [7, 11) is -3.79. The Morgan fingerprint density at radius 3 is 2.38 bits per heavy atom. The largest absolute Gasteiger partial charge is 0.243 e. The molecule has 1 rings (SSSR count). The van der Waals surface area contributed by atoms with Gasteiger partial charge in [-0.3, -0.25) is 0 Å². The Bertz CT molecular complexity index is 469. The fourth-order valence-electron chi connectivity index (χ4n) is 1.15. The molecule has 0 amide bonds. The molecule has 0 spiro atoms. The first-order chi connectivity index (χ1) is 7.28. The molecule has 0 saturated heterocycles. The molecule has 0 fully saturated rings. The number of benzene rings is 1. The number of sulfonamides is 1. The predicted molar refractivity (Wildman–Crippen MR) is 61.1 cm³/mol. The Hall–Kier alpha value is -0.940. The molecule has 0 aliphatic rings. The lowest BCUT2D eigenvalue weighted by atomic mass is 10.0. The molecule has 0 aromatic heterocycles. The smallest absolute Gasteiger partial charge is 0.207 e. The van der Waals surface area contributed by atoms with Crippen LogP contribution < -0.4 is 4.72 Å². The van der Waals surface area contributed by atoms with Gasteiger partial charge in [0.15, 0.2) is 0 Å². The first-order valence-electron chi connectivity index (χ1n) is 5.07. The highest BCUT2D eigenvalue weighted by molar-refractivity contribution is 7.89. The predicted octanol–water partition coefficient (Wildman–Crippen LogP) is 2.29. The van der Waals surface area contributed by atoms with E-state index in [0.717, 1.165) is 6.07 Å². The summed E-state index contributed by atoms with van der Waals surface area (Å²) in [6.45, 7) is 5.38. The van der Waals surface area contributed by atoms with Crippen molar-refractivity contribution in [2.75, 3.05) is 0 Å². The summed E-state index contributed by atoms with van der Waals surface area (Å²) >= 11 is 0. The van der Waals surface area contributed by atoms with Crippen LogP contribution in [0.1, 0.15) is 27.2 Å². The first kappa shape index (κ1) is 13.1. The van der Waals surface area contributed by atoms with Gasteiger partial charge in [-0.15, -0.1) is 0 Å². The summed E-state index contributed by atoms with van der Waals surface area (Å²) in [5, 5.41) is 0. The van der Waals surface area contributed by atoms with Gasteiger partial charge >= 0.3 is 0 Å². The minimum absolute atomic E-state index is 0.309. The van der Waals surface area contributed by atoms with Crippen molar-refractivity contribution in [1.29, 1.82) is 0 Å². The third kappa shape index (κ3) is 3.02. The van der Waals surface area contributed by atoms with Crippen LogP contribution in [0.4, 0.5) is 4.39 Å². The zero-order valence-electron chi connectivity index (χ0n) is 9.62. The third-order valence-electron chi connectivity index (χ3n) is 2.42. The lowest BCUT2D eigenvalue weighted by Crippen LogP contribution is -2.42. The van der Waals surface area contributed by atoms with Gasteiger partial charge in [0.2, 0.25) is 10.0 Å². The second-order valence-electron chi connectivity index (χ2n) is 4.27. The number of rotatable bonds is 4. The van der Waals surface area contributed by atoms with Crippen molar-refractivity contribution in [2.24, 2.45) is 0 Å². The van der Waals surface area contributed by atoms with E-state index in [1.165, 1.54) is 18.2 Å². The summed E-state index contributed by atoms with van der Waals surface area (Å²) < 4.78 is 39.6. The molecule has 1 aromatic rings. The van der Waals surface area contributed by atoms with Crippen LogP contribution in [0.25, 0.3) is 0 Å².